The molecule has 6 nitrogen and oxygen atoms in total. The molecule has 1 aliphatic rings. The number of aromatic nitrogens is 3. The van der Waals surface area contributed by atoms with Gasteiger partial charge in [0.1, 0.15) is 11.8 Å². The van der Waals surface area contributed by atoms with E-state index in [1.807, 2.05) is 17.6 Å². The Labute approximate surface area is 110 Å². The minimum Gasteiger partial charge on any atom is -0.372 e. The summed E-state index contributed by atoms with van der Waals surface area (Å²) in [5, 5.41) is 4.40. The lowest BCUT2D eigenvalue weighted by molar-refractivity contribution is 0.108. The second kappa shape index (κ2) is 4.79. The van der Waals surface area contributed by atoms with Gasteiger partial charge in [-0.25, -0.2) is 0 Å². The fraction of sp³-hybridized carbons (Fsp3) is 0.538. The van der Waals surface area contributed by atoms with Gasteiger partial charge in [-0.05, 0) is 19.8 Å². The second-order valence-corrected chi connectivity index (χ2v) is 4.76. The summed E-state index contributed by atoms with van der Waals surface area (Å²) in [6.07, 6.45) is 2.03. The van der Waals surface area contributed by atoms with Gasteiger partial charge in [0.2, 0.25) is 0 Å². The molecular weight excluding hydrogens is 244 g/mol. The van der Waals surface area contributed by atoms with E-state index in [0.29, 0.717) is 6.54 Å². The fourth-order valence-corrected chi connectivity index (χ4v) is 2.67. The summed E-state index contributed by atoms with van der Waals surface area (Å²) >= 11 is 0. The number of nitrogens with zero attached hydrogens (tertiary/aromatic N) is 3. The van der Waals surface area contributed by atoms with Crippen LogP contribution in [0.3, 0.4) is 0 Å². The summed E-state index contributed by atoms with van der Waals surface area (Å²) in [7, 11) is 0. The van der Waals surface area contributed by atoms with Gasteiger partial charge in [0.25, 0.3) is 5.56 Å². The first-order valence-electron chi connectivity index (χ1n) is 6.68. The van der Waals surface area contributed by atoms with E-state index in [-0.39, 0.29) is 11.7 Å². The molecule has 2 aromatic heterocycles. The zero-order valence-electron chi connectivity index (χ0n) is 11.0. The Bertz CT molecular complexity index is 652. The van der Waals surface area contributed by atoms with Gasteiger partial charge in [-0.15, -0.1) is 0 Å². The quantitative estimate of drug-likeness (QED) is 0.889. The average Bonchev–Trinajstić information content (AvgIpc) is 3.07. The third-order valence-corrected chi connectivity index (χ3v) is 3.62. The van der Waals surface area contributed by atoms with Crippen molar-refractivity contribution in [2.75, 3.05) is 6.61 Å². The molecule has 1 saturated heterocycles. The van der Waals surface area contributed by atoms with Gasteiger partial charge in [0, 0.05) is 37.5 Å². The van der Waals surface area contributed by atoms with E-state index in [2.05, 4.69) is 5.10 Å². The van der Waals surface area contributed by atoms with Crippen molar-refractivity contribution in [3.05, 3.63) is 33.9 Å². The van der Waals surface area contributed by atoms with Crippen LogP contribution in [0.15, 0.2) is 16.9 Å². The Hall–Kier alpha value is -1.66. The molecule has 0 spiro atoms. The largest absolute Gasteiger partial charge is 0.372 e. The highest BCUT2D eigenvalue weighted by molar-refractivity contribution is 5.42. The van der Waals surface area contributed by atoms with Gasteiger partial charge in [-0.1, -0.05) is 0 Å². The third-order valence-electron chi connectivity index (χ3n) is 3.62. The van der Waals surface area contributed by atoms with Crippen LogP contribution in [-0.4, -0.2) is 20.8 Å². The number of ether oxygens (including phenoxy) is 1. The maximum absolute atomic E-state index is 12.0. The van der Waals surface area contributed by atoms with Crippen LogP contribution in [0.2, 0.25) is 0 Å². The fourth-order valence-electron chi connectivity index (χ4n) is 2.67. The van der Waals surface area contributed by atoms with Crippen molar-refractivity contribution in [1.82, 2.24) is 14.2 Å². The number of nitrogens with two attached hydrogens (primary N) is 1. The van der Waals surface area contributed by atoms with Crippen LogP contribution in [0.4, 0.5) is 0 Å². The van der Waals surface area contributed by atoms with Crippen molar-refractivity contribution >= 4 is 5.65 Å². The molecule has 6 heteroatoms. The lowest BCUT2D eigenvalue weighted by Crippen LogP contribution is -2.22. The molecule has 1 atom stereocenters. The standard InChI is InChI=1S/C13H18N4O2/c1-2-16-9(8-14)6-13(18)17-12(16)7-10(15-17)11-4-3-5-19-11/h6-7,11H,2-5,8,14H2,1H3. The minimum absolute atomic E-state index is 0.0194. The Kier molecular flexibility index (Phi) is 3.12. The molecule has 3 rings (SSSR count). The first-order valence-corrected chi connectivity index (χ1v) is 6.68. The topological polar surface area (TPSA) is 74.5 Å². The van der Waals surface area contributed by atoms with Crippen LogP contribution in [0, 0.1) is 0 Å². The summed E-state index contributed by atoms with van der Waals surface area (Å²) in [4.78, 5) is 12.0. The van der Waals surface area contributed by atoms with E-state index in [9.17, 15) is 4.79 Å². The molecular formula is C13H18N4O2. The highest BCUT2D eigenvalue weighted by Gasteiger charge is 2.22. The van der Waals surface area contributed by atoms with E-state index in [1.165, 1.54) is 4.52 Å². The van der Waals surface area contributed by atoms with Crippen LogP contribution >= 0.6 is 0 Å². The molecule has 2 N–H and O–H groups in total. The lowest BCUT2D eigenvalue weighted by Gasteiger charge is -2.10. The Morgan fingerprint density at radius 2 is 2.37 bits per heavy atom. The first kappa shape index (κ1) is 12.4. The lowest BCUT2D eigenvalue weighted by atomic mass is 10.2. The van der Waals surface area contributed by atoms with E-state index in [1.54, 1.807) is 6.07 Å². The summed E-state index contributed by atoms with van der Waals surface area (Å²) < 4.78 is 9.09. The average molecular weight is 262 g/mol. The molecule has 0 amide bonds. The molecule has 1 aliphatic heterocycles. The molecule has 1 fully saturated rings. The zero-order chi connectivity index (χ0) is 13.4. The SMILES string of the molecule is CCn1c(CN)cc(=O)n2nc(C3CCCO3)cc12. The van der Waals surface area contributed by atoms with Crippen LogP contribution in [-0.2, 0) is 17.8 Å². The highest BCUT2D eigenvalue weighted by Crippen LogP contribution is 2.27. The van der Waals surface area contributed by atoms with Crippen molar-refractivity contribution in [2.24, 2.45) is 5.73 Å². The molecule has 0 aromatic carbocycles. The molecule has 0 saturated carbocycles. The molecule has 0 aliphatic carbocycles. The molecule has 0 bridgehead atoms. The maximum Gasteiger partial charge on any atom is 0.274 e. The van der Waals surface area contributed by atoms with Crippen molar-refractivity contribution < 1.29 is 4.74 Å². The Morgan fingerprint density at radius 1 is 1.53 bits per heavy atom. The maximum atomic E-state index is 12.0. The molecule has 1 unspecified atom stereocenters. The monoisotopic (exact) mass is 262 g/mol. The summed E-state index contributed by atoms with van der Waals surface area (Å²) in [5.74, 6) is 0. The van der Waals surface area contributed by atoms with Gasteiger partial charge >= 0.3 is 0 Å². The normalized spacial score (nSPS) is 19.4. The van der Waals surface area contributed by atoms with Crippen molar-refractivity contribution in [3.8, 4) is 0 Å². The minimum atomic E-state index is -0.135. The molecule has 102 valence electrons. The van der Waals surface area contributed by atoms with E-state index < -0.39 is 0 Å². The second-order valence-electron chi connectivity index (χ2n) is 4.76. The van der Waals surface area contributed by atoms with Crippen molar-refractivity contribution in [3.63, 3.8) is 0 Å². The predicted molar refractivity (Wildman–Crippen MR) is 70.9 cm³/mol. The van der Waals surface area contributed by atoms with Gasteiger partial charge in [-0.3, -0.25) is 4.79 Å². The van der Waals surface area contributed by atoms with E-state index in [0.717, 1.165) is 43.0 Å². The first-order chi connectivity index (χ1) is 9.24. The smallest absolute Gasteiger partial charge is 0.274 e. The van der Waals surface area contributed by atoms with Crippen LogP contribution in [0.25, 0.3) is 5.65 Å². The van der Waals surface area contributed by atoms with E-state index >= 15 is 0 Å². The summed E-state index contributed by atoms with van der Waals surface area (Å²) in [6.45, 7) is 3.90. The number of hydrogen-bond acceptors (Lipinski definition) is 4. The van der Waals surface area contributed by atoms with Gasteiger partial charge in [0.15, 0.2) is 0 Å². The number of fused-ring (bicyclic) bond motifs is 1. The predicted octanol–water partition coefficient (Wildman–Crippen LogP) is 0.826. The molecule has 0 radical (unpaired) electrons. The number of rotatable bonds is 3. The zero-order valence-corrected chi connectivity index (χ0v) is 11.0. The Balaban J connectivity index is 2.20. The number of hydrogen-bond donors (Lipinski definition) is 1. The third kappa shape index (κ3) is 1.97. The summed E-state index contributed by atoms with van der Waals surface area (Å²) in [5.41, 5.74) is 8.03. The molecule has 2 aromatic rings. The van der Waals surface area contributed by atoms with Crippen LogP contribution in [0.1, 0.15) is 37.3 Å². The van der Waals surface area contributed by atoms with Gasteiger partial charge in [-0.2, -0.15) is 9.61 Å². The summed E-state index contributed by atoms with van der Waals surface area (Å²) in [6, 6.07) is 3.50. The highest BCUT2D eigenvalue weighted by atomic mass is 16.5. The number of aryl methyl sites for hydroxylation is 1. The van der Waals surface area contributed by atoms with Crippen molar-refractivity contribution in [1.29, 1.82) is 0 Å². The van der Waals surface area contributed by atoms with Gasteiger partial charge in [0.05, 0.1) is 5.69 Å². The van der Waals surface area contributed by atoms with Crippen molar-refractivity contribution in [2.45, 2.75) is 39.0 Å². The molecule has 3 heterocycles. The Morgan fingerprint density at radius 3 is 3.00 bits per heavy atom. The van der Waals surface area contributed by atoms with Crippen LogP contribution < -0.4 is 11.3 Å². The van der Waals surface area contributed by atoms with Crippen LogP contribution in [0.5, 0.6) is 0 Å². The van der Waals surface area contributed by atoms with E-state index in [4.69, 9.17) is 10.5 Å². The van der Waals surface area contributed by atoms with Gasteiger partial charge < -0.3 is 15.0 Å². The molecule has 19 heavy (non-hydrogen) atoms.